The van der Waals surface area contributed by atoms with Gasteiger partial charge in [0, 0.05) is 15.0 Å². The summed E-state index contributed by atoms with van der Waals surface area (Å²) in [6.07, 6.45) is 2.55. The Bertz CT molecular complexity index is 384. The van der Waals surface area contributed by atoms with Gasteiger partial charge in [0.05, 0.1) is 5.56 Å². The van der Waals surface area contributed by atoms with E-state index in [4.69, 9.17) is 0 Å². The van der Waals surface area contributed by atoms with E-state index >= 15 is 0 Å². The number of rotatable bonds is 4. The number of halogens is 2. The second kappa shape index (κ2) is 6.21. The largest absolute Gasteiger partial charge is 0.349 e. The first-order chi connectivity index (χ1) is 7.56. The molecule has 0 radical (unpaired) electrons. The van der Waals surface area contributed by atoms with E-state index < -0.39 is 0 Å². The Morgan fingerprint density at radius 2 is 2.06 bits per heavy atom. The molecule has 16 heavy (non-hydrogen) atoms. The van der Waals surface area contributed by atoms with Crippen LogP contribution < -0.4 is 5.32 Å². The summed E-state index contributed by atoms with van der Waals surface area (Å²) >= 11 is 6.73. The summed E-state index contributed by atoms with van der Waals surface area (Å²) in [4.78, 5) is 12.0. The molecule has 2 nitrogen and oxygen atoms in total. The molecule has 0 saturated carbocycles. The van der Waals surface area contributed by atoms with Crippen LogP contribution in [0.2, 0.25) is 0 Å². The molecular weight excluding hydrogens is 334 g/mol. The van der Waals surface area contributed by atoms with Crippen molar-refractivity contribution in [2.24, 2.45) is 0 Å². The molecule has 1 N–H and O–H groups in total. The van der Waals surface area contributed by atoms with Crippen molar-refractivity contribution in [2.75, 3.05) is 0 Å². The number of carbonyl (C=O) groups is 1. The van der Waals surface area contributed by atoms with Crippen LogP contribution in [0.25, 0.3) is 0 Å². The van der Waals surface area contributed by atoms with E-state index in [0.29, 0.717) is 5.56 Å². The molecule has 0 saturated heterocycles. The zero-order valence-corrected chi connectivity index (χ0v) is 12.1. The van der Waals surface area contributed by atoms with Crippen molar-refractivity contribution in [1.29, 1.82) is 0 Å². The van der Waals surface area contributed by atoms with Gasteiger partial charge in [-0.3, -0.25) is 4.79 Å². The first kappa shape index (κ1) is 13.5. The van der Waals surface area contributed by atoms with Crippen LogP contribution in [0.4, 0.5) is 0 Å². The highest BCUT2D eigenvalue weighted by molar-refractivity contribution is 9.11. The van der Waals surface area contributed by atoms with E-state index in [9.17, 15) is 4.79 Å². The highest BCUT2D eigenvalue weighted by atomic mass is 79.9. The van der Waals surface area contributed by atoms with E-state index in [-0.39, 0.29) is 11.9 Å². The summed E-state index contributed by atoms with van der Waals surface area (Å²) in [5.74, 6) is -0.0892. The third-order valence-corrected chi connectivity index (χ3v) is 3.41. The van der Waals surface area contributed by atoms with E-state index in [1.807, 2.05) is 25.1 Å². The molecule has 1 rings (SSSR count). The van der Waals surface area contributed by atoms with E-state index in [0.717, 1.165) is 15.4 Å². The number of amides is 1. The lowest BCUT2D eigenvalue weighted by molar-refractivity contribution is 0.0939. The highest BCUT2D eigenvalue weighted by Gasteiger charge is 2.15. The SMILES string of the molecule is C=CC[C@H](C)NC(=O)c1c(Br)cccc1Br. The maximum absolute atomic E-state index is 12.0. The molecule has 0 aromatic heterocycles. The van der Waals surface area contributed by atoms with E-state index in [1.165, 1.54) is 0 Å². The van der Waals surface area contributed by atoms with Crippen LogP contribution in [-0.4, -0.2) is 11.9 Å². The fourth-order valence-corrected chi connectivity index (χ4v) is 2.68. The van der Waals surface area contributed by atoms with Crippen molar-refractivity contribution in [3.63, 3.8) is 0 Å². The third kappa shape index (κ3) is 3.46. The van der Waals surface area contributed by atoms with Crippen LogP contribution in [0.15, 0.2) is 39.8 Å². The summed E-state index contributed by atoms with van der Waals surface area (Å²) < 4.78 is 1.57. The van der Waals surface area contributed by atoms with Gasteiger partial charge in [-0.25, -0.2) is 0 Å². The Morgan fingerprint density at radius 3 is 2.56 bits per heavy atom. The highest BCUT2D eigenvalue weighted by Crippen LogP contribution is 2.25. The van der Waals surface area contributed by atoms with Crippen LogP contribution in [0, 0.1) is 0 Å². The molecular formula is C12H13Br2NO. The van der Waals surface area contributed by atoms with Crippen LogP contribution in [0.1, 0.15) is 23.7 Å². The predicted molar refractivity (Wildman–Crippen MR) is 73.6 cm³/mol. The average Bonchev–Trinajstić information content (AvgIpc) is 2.17. The van der Waals surface area contributed by atoms with Crippen molar-refractivity contribution in [3.8, 4) is 0 Å². The molecule has 0 bridgehead atoms. The lowest BCUT2D eigenvalue weighted by atomic mass is 10.2. The summed E-state index contributed by atoms with van der Waals surface area (Å²) in [6.45, 7) is 5.59. The first-order valence-electron chi connectivity index (χ1n) is 4.92. The normalized spacial score (nSPS) is 11.9. The Balaban J connectivity index is 2.84. The van der Waals surface area contributed by atoms with Gasteiger partial charge in [-0.1, -0.05) is 12.1 Å². The van der Waals surface area contributed by atoms with Gasteiger partial charge in [0.15, 0.2) is 0 Å². The second-order valence-electron chi connectivity index (χ2n) is 3.50. The molecule has 0 spiro atoms. The Kier molecular flexibility index (Phi) is 5.22. The fraction of sp³-hybridized carbons (Fsp3) is 0.250. The van der Waals surface area contributed by atoms with Gasteiger partial charge in [0.2, 0.25) is 0 Å². The van der Waals surface area contributed by atoms with Crippen molar-refractivity contribution in [3.05, 3.63) is 45.4 Å². The van der Waals surface area contributed by atoms with Gasteiger partial charge in [0.1, 0.15) is 0 Å². The summed E-state index contributed by atoms with van der Waals surface area (Å²) in [5.41, 5.74) is 0.624. The van der Waals surface area contributed by atoms with Gasteiger partial charge in [-0.05, 0) is 57.3 Å². The van der Waals surface area contributed by atoms with Crippen molar-refractivity contribution < 1.29 is 4.79 Å². The second-order valence-corrected chi connectivity index (χ2v) is 5.20. The number of carbonyl (C=O) groups excluding carboxylic acids is 1. The minimum Gasteiger partial charge on any atom is -0.349 e. The van der Waals surface area contributed by atoms with Gasteiger partial charge in [-0.15, -0.1) is 6.58 Å². The average molecular weight is 347 g/mol. The van der Waals surface area contributed by atoms with Gasteiger partial charge in [-0.2, -0.15) is 0 Å². The maximum Gasteiger partial charge on any atom is 0.253 e. The Morgan fingerprint density at radius 1 is 1.50 bits per heavy atom. The fourth-order valence-electron chi connectivity index (χ4n) is 1.32. The standard InChI is InChI=1S/C12H13Br2NO/c1-3-5-8(2)15-12(16)11-9(13)6-4-7-10(11)14/h3-4,6-8H,1,5H2,2H3,(H,15,16)/t8-/m0/s1. The zero-order valence-electron chi connectivity index (χ0n) is 8.97. The summed E-state index contributed by atoms with van der Waals surface area (Å²) in [7, 11) is 0. The zero-order chi connectivity index (χ0) is 12.1. The topological polar surface area (TPSA) is 29.1 Å². The number of hydrogen-bond donors (Lipinski definition) is 1. The van der Waals surface area contributed by atoms with E-state index in [2.05, 4.69) is 43.8 Å². The number of nitrogens with one attached hydrogen (secondary N) is 1. The molecule has 0 aliphatic rings. The predicted octanol–water partition coefficient (Wildman–Crippen LogP) is 3.91. The van der Waals surface area contributed by atoms with E-state index in [1.54, 1.807) is 6.08 Å². The molecule has 0 aliphatic carbocycles. The molecule has 1 atom stereocenters. The molecule has 0 aliphatic heterocycles. The van der Waals surface area contributed by atoms with Gasteiger partial charge < -0.3 is 5.32 Å². The lowest BCUT2D eigenvalue weighted by Gasteiger charge is -2.13. The summed E-state index contributed by atoms with van der Waals surface area (Å²) in [5, 5.41) is 2.91. The van der Waals surface area contributed by atoms with Gasteiger partial charge in [0.25, 0.3) is 5.91 Å². The lowest BCUT2D eigenvalue weighted by Crippen LogP contribution is -2.32. The molecule has 1 amide bonds. The molecule has 4 heteroatoms. The van der Waals surface area contributed by atoms with Crippen molar-refractivity contribution in [1.82, 2.24) is 5.32 Å². The molecule has 0 unspecified atom stereocenters. The summed E-state index contributed by atoms with van der Waals surface area (Å²) in [6, 6.07) is 5.65. The maximum atomic E-state index is 12.0. The van der Waals surface area contributed by atoms with Crippen LogP contribution in [-0.2, 0) is 0 Å². The molecule has 0 heterocycles. The van der Waals surface area contributed by atoms with Crippen LogP contribution in [0.5, 0.6) is 0 Å². The third-order valence-electron chi connectivity index (χ3n) is 2.09. The molecule has 0 fully saturated rings. The number of hydrogen-bond acceptors (Lipinski definition) is 1. The first-order valence-corrected chi connectivity index (χ1v) is 6.50. The van der Waals surface area contributed by atoms with Gasteiger partial charge >= 0.3 is 0 Å². The molecule has 86 valence electrons. The van der Waals surface area contributed by atoms with Crippen molar-refractivity contribution in [2.45, 2.75) is 19.4 Å². The van der Waals surface area contributed by atoms with Crippen LogP contribution >= 0.6 is 31.9 Å². The minimum atomic E-state index is -0.0892. The minimum absolute atomic E-state index is 0.0870. The van der Waals surface area contributed by atoms with Crippen LogP contribution in [0.3, 0.4) is 0 Å². The molecule has 1 aromatic carbocycles. The number of benzene rings is 1. The Labute approximate surface area is 112 Å². The van der Waals surface area contributed by atoms with Crippen molar-refractivity contribution >= 4 is 37.8 Å². The smallest absolute Gasteiger partial charge is 0.253 e. The monoisotopic (exact) mass is 345 g/mol. The quantitative estimate of drug-likeness (QED) is 0.823. The Hall–Kier alpha value is -0.610. The molecule has 1 aromatic rings.